The van der Waals surface area contributed by atoms with Gasteiger partial charge in [0.05, 0.1) is 12.2 Å². The number of nitrogens with zero attached hydrogens (tertiary/aromatic N) is 2. The van der Waals surface area contributed by atoms with Crippen molar-refractivity contribution in [2.45, 2.75) is 32.9 Å². The summed E-state index contributed by atoms with van der Waals surface area (Å²) < 4.78 is 5.48. The van der Waals surface area contributed by atoms with Crippen molar-refractivity contribution in [3.63, 3.8) is 0 Å². The maximum Gasteiger partial charge on any atom is 0.317 e. The van der Waals surface area contributed by atoms with E-state index in [1.165, 1.54) is 0 Å². The Morgan fingerprint density at radius 2 is 2.27 bits per heavy atom. The lowest BCUT2D eigenvalue weighted by molar-refractivity contribution is -0.139. The minimum Gasteiger partial charge on any atom is -0.480 e. The van der Waals surface area contributed by atoms with Gasteiger partial charge in [0.1, 0.15) is 6.26 Å². The molecule has 1 aromatic heterocycles. The first kappa shape index (κ1) is 16.5. The van der Waals surface area contributed by atoms with E-state index in [2.05, 4.69) is 4.98 Å². The van der Waals surface area contributed by atoms with Gasteiger partial charge in [-0.15, -0.1) is 0 Å². The van der Waals surface area contributed by atoms with Crippen LogP contribution in [-0.4, -0.2) is 33.5 Å². The molecule has 5 nitrogen and oxygen atoms in total. The monoisotopic (exact) mass is 322 g/mol. The summed E-state index contributed by atoms with van der Waals surface area (Å²) in [4.78, 5) is 17.3. The molecular weight excluding hydrogens is 304 g/mol. The summed E-state index contributed by atoms with van der Waals surface area (Å²) in [6, 6.07) is 7.41. The zero-order chi connectivity index (χ0) is 16.1. The Bertz CT molecular complexity index is 642. The maximum absolute atomic E-state index is 11.0. The minimum absolute atomic E-state index is 0.0195. The zero-order valence-electron chi connectivity index (χ0n) is 12.6. The molecule has 118 valence electrons. The predicted octanol–water partition coefficient (Wildman–Crippen LogP) is 3.68. The van der Waals surface area contributed by atoms with Crippen molar-refractivity contribution in [2.24, 2.45) is 0 Å². The molecule has 0 saturated heterocycles. The first-order valence-corrected chi connectivity index (χ1v) is 7.53. The van der Waals surface area contributed by atoms with Crippen LogP contribution in [0.15, 0.2) is 34.9 Å². The topological polar surface area (TPSA) is 66.6 Å². The normalized spacial score (nSPS) is 12.5. The second kappa shape index (κ2) is 7.42. The Balaban J connectivity index is 2.14. The fourth-order valence-electron chi connectivity index (χ4n) is 2.14. The van der Waals surface area contributed by atoms with E-state index in [1.807, 2.05) is 30.9 Å². The molecule has 1 N–H and O–H groups in total. The number of rotatable bonds is 7. The lowest BCUT2D eigenvalue weighted by atomic mass is 10.2. The van der Waals surface area contributed by atoms with Crippen LogP contribution in [0.1, 0.15) is 26.0 Å². The third-order valence-electron chi connectivity index (χ3n) is 3.54. The number of carboxylic acid groups (broad SMARTS) is 1. The quantitative estimate of drug-likeness (QED) is 0.842. The molecule has 0 spiro atoms. The molecule has 0 radical (unpaired) electrons. The number of carboxylic acids is 1. The van der Waals surface area contributed by atoms with Crippen molar-refractivity contribution >= 4 is 17.6 Å². The van der Waals surface area contributed by atoms with Gasteiger partial charge in [-0.3, -0.25) is 9.69 Å². The zero-order valence-corrected chi connectivity index (χ0v) is 13.4. The van der Waals surface area contributed by atoms with E-state index in [-0.39, 0.29) is 12.6 Å². The Hall–Kier alpha value is -1.85. The molecule has 1 heterocycles. The van der Waals surface area contributed by atoms with Gasteiger partial charge in [-0.1, -0.05) is 24.6 Å². The predicted molar refractivity (Wildman–Crippen MR) is 84.7 cm³/mol. The van der Waals surface area contributed by atoms with Crippen LogP contribution in [0.3, 0.4) is 0 Å². The number of benzene rings is 1. The maximum atomic E-state index is 11.0. The van der Waals surface area contributed by atoms with Gasteiger partial charge in [0, 0.05) is 23.2 Å². The van der Waals surface area contributed by atoms with Gasteiger partial charge in [-0.05, 0) is 31.5 Å². The molecule has 6 heteroatoms. The number of aliphatic carboxylic acids is 1. The molecule has 0 aliphatic rings. The van der Waals surface area contributed by atoms with Crippen LogP contribution < -0.4 is 0 Å². The molecule has 22 heavy (non-hydrogen) atoms. The highest BCUT2D eigenvalue weighted by Crippen LogP contribution is 2.22. The number of carbonyl (C=O) groups is 1. The Labute approximate surface area is 134 Å². The SMILES string of the molecule is CCC(C)N(CC(=O)O)Cc1coc(-c2cccc(Cl)c2)n1. The fraction of sp³-hybridized carbons (Fsp3) is 0.375. The lowest BCUT2D eigenvalue weighted by Crippen LogP contribution is -2.36. The second-order valence-corrected chi connectivity index (χ2v) is 5.65. The summed E-state index contributed by atoms with van der Waals surface area (Å²) in [5.41, 5.74) is 1.50. The van der Waals surface area contributed by atoms with E-state index < -0.39 is 5.97 Å². The molecule has 0 aliphatic carbocycles. The first-order chi connectivity index (χ1) is 10.5. The average molecular weight is 323 g/mol. The first-order valence-electron chi connectivity index (χ1n) is 7.15. The van der Waals surface area contributed by atoms with Crippen molar-refractivity contribution in [3.05, 3.63) is 41.2 Å². The molecule has 0 fully saturated rings. The van der Waals surface area contributed by atoms with Crippen molar-refractivity contribution in [1.29, 1.82) is 0 Å². The Morgan fingerprint density at radius 1 is 1.50 bits per heavy atom. The van der Waals surface area contributed by atoms with Gasteiger partial charge in [0.25, 0.3) is 0 Å². The van der Waals surface area contributed by atoms with Crippen molar-refractivity contribution in [3.8, 4) is 11.5 Å². The van der Waals surface area contributed by atoms with E-state index in [0.717, 1.165) is 12.0 Å². The van der Waals surface area contributed by atoms with Crippen molar-refractivity contribution < 1.29 is 14.3 Å². The summed E-state index contributed by atoms with van der Waals surface area (Å²) in [7, 11) is 0. The highest BCUT2D eigenvalue weighted by molar-refractivity contribution is 6.30. The molecule has 2 aromatic rings. The summed E-state index contributed by atoms with van der Waals surface area (Å²) >= 11 is 5.96. The summed E-state index contributed by atoms with van der Waals surface area (Å²) in [5.74, 6) is -0.365. The third-order valence-corrected chi connectivity index (χ3v) is 3.78. The molecule has 1 unspecified atom stereocenters. The molecule has 1 atom stereocenters. The van der Waals surface area contributed by atoms with Crippen molar-refractivity contribution in [1.82, 2.24) is 9.88 Å². The number of oxazole rings is 1. The van der Waals surface area contributed by atoms with Crippen LogP contribution in [0.2, 0.25) is 5.02 Å². The minimum atomic E-state index is -0.848. The van der Waals surface area contributed by atoms with E-state index >= 15 is 0 Å². The van der Waals surface area contributed by atoms with Crippen LogP contribution >= 0.6 is 11.6 Å². The van der Waals surface area contributed by atoms with E-state index in [0.29, 0.717) is 23.2 Å². The molecule has 2 rings (SSSR count). The Kier molecular flexibility index (Phi) is 5.57. The van der Waals surface area contributed by atoms with Gasteiger partial charge in [0.15, 0.2) is 0 Å². The fourth-order valence-corrected chi connectivity index (χ4v) is 2.33. The van der Waals surface area contributed by atoms with Crippen LogP contribution in [-0.2, 0) is 11.3 Å². The highest BCUT2D eigenvalue weighted by atomic mass is 35.5. The molecule has 0 bridgehead atoms. The molecule has 0 saturated carbocycles. The molecular formula is C16H19ClN2O3. The van der Waals surface area contributed by atoms with Crippen molar-refractivity contribution in [2.75, 3.05) is 6.54 Å². The summed E-state index contributed by atoms with van der Waals surface area (Å²) in [6.45, 7) is 4.44. The second-order valence-electron chi connectivity index (χ2n) is 5.21. The molecule has 0 amide bonds. The van der Waals surface area contributed by atoms with Gasteiger partial charge in [0.2, 0.25) is 5.89 Å². The van der Waals surface area contributed by atoms with E-state index in [1.54, 1.807) is 18.4 Å². The van der Waals surface area contributed by atoms with Gasteiger partial charge in [-0.2, -0.15) is 0 Å². The lowest BCUT2D eigenvalue weighted by Gasteiger charge is -2.25. The number of aromatic nitrogens is 1. The average Bonchev–Trinajstić information content (AvgIpc) is 2.94. The van der Waals surface area contributed by atoms with Gasteiger partial charge < -0.3 is 9.52 Å². The van der Waals surface area contributed by atoms with Crippen LogP contribution in [0.5, 0.6) is 0 Å². The largest absolute Gasteiger partial charge is 0.480 e. The van der Waals surface area contributed by atoms with Crippen LogP contribution in [0, 0.1) is 0 Å². The van der Waals surface area contributed by atoms with Gasteiger partial charge >= 0.3 is 5.97 Å². The summed E-state index contributed by atoms with van der Waals surface area (Å²) in [5, 5.41) is 9.64. The Morgan fingerprint density at radius 3 is 2.91 bits per heavy atom. The number of hydrogen-bond acceptors (Lipinski definition) is 4. The van der Waals surface area contributed by atoms with Crippen LogP contribution in [0.25, 0.3) is 11.5 Å². The molecule has 1 aromatic carbocycles. The highest BCUT2D eigenvalue weighted by Gasteiger charge is 2.18. The van der Waals surface area contributed by atoms with Crippen LogP contribution in [0.4, 0.5) is 0 Å². The van der Waals surface area contributed by atoms with E-state index in [9.17, 15) is 4.79 Å². The number of halogens is 1. The van der Waals surface area contributed by atoms with Gasteiger partial charge in [-0.25, -0.2) is 4.98 Å². The molecule has 0 aliphatic heterocycles. The number of hydrogen-bond donors (Lipinski definition) is 1. The van der Waals surface area contributed by atoms with E-state index in [4.69, 9.17) is 21.1 Å². The standard InChI is InChI=1S/C16H19ClN2O3/c1-3-11(2)19(9-15(20)21)8-14-10-22-16(18-14)12-5-4-6-13(17)7-12/h4-7,10-11H,3,8-9H2,1-2H3,(H,20,21). The smallest absolute Gasteiger partial charge is 0.317 e. The summed E-state index contributed by atoms with van der Waals surface area (Å²) in [6.07, 6.45) is 2.43. The third kappa shape index (κ3) is 4.32.